The first-order valence-electron chi connectivity index (χ1n) is 5.58. The van der Waals surface area contributed by atoms with Crippen molar-refractivity contribution in [1.29, 1.82) is 0 Å². The number of anilines is 2. The number of sulfonamides is 1. The number of amides is 1. The lowest BCUT2D eigenvalue weighted by Crippen LogP contribution is -2.14. The van der Waals surface area contributed by atoms with Crippen molar-refractivity contribution in [2.45, 2.75) is 18.2 Å². The van der Waals surface area contributed by atoms with Crippen molar-refractivity contribution in [2.24, 2.45) is 0 Å². The monoisotopic (exact) mass is 329 g/mol. The average Bonchev–Trinajstić information content (AvgIpc) is 2.82. The third-order valence-corrected chi connectivity index (χ3v) is 4.71. The van der Waals surface area contributed by atoms with E-state index in [1.807, 2.05) is 0 Å². The Morgan fingerprint density at radius 2 is 2.05 bits per heavy atom. The molecular formula is C10H11N5O4S2. The molecular weight excluding hydrogens is 318 g/mol. The predicted molar refractivity (Wildman–Crippen MR) is 75.7 cm³/mol. The number of aromatic hydroxyl groups is 1. The standard InChI is InChI=1S/C10H11N5O4S2/c1-5-3-4-7(17)8(11-5)15-21(18,19)10-14-13-9(20-10)12-6(2)16/h3-4,17H,1-2H3,(H,11,15)(H,12,13,16). The molecule has 2 aromatic rings. The van der Waals surface area contributed by atoms with Gasteiger partial charge in [0.1, 0.15) is 0 Å². The van der Waals surface area contributed by atoms with Gasteiger partial charge in [0.2, 0.25) is 11.0 Å². The first-order chi connectivity index (χ1) is 9.78. The molecule has 2 aromatic heterocycles. The lowest BCUT2D eigenvalue weighted by molar-refractivity contribution is -0.114. The third kappa shape index (κ3) is 3.64. The Morgan fingerprint density at radius 3 is 2.71 bits per heavy atom. The summed E-state index contributed by atoms with van der Waals surface area (Å²) in [6.07, 6.45) is 0. The van der Waals surface area contributed by atoms with Crippen LogP contribution in [-0.4, -0.2) is 34.6 Å². The normalized spacial score (nSPS) is 11.1. The van der Waals surface area contributed by atoms with Gasteiger partial charge in [0, 0.05) is 12.6 Å². The number of hydrogen-bond donors (Lipinski definition) is 3. The maximum absolute atomic E-state index is 12.1. The van der Waals surface area contributed by atoms with Gasteiger partial charge in [-0.25, -0.2) is 4.98 Å². The second-order valence-corrected chi connectivity index (χ2v) is 6.81. The van der Waals surface area contributed by atoms with Gasteiger partial charge in [-0.15, -0.1) is 10.2 Å². The summed E-state index contributed by atoms with van der Waals surface area (Å²) in [5.74, 6) is -0.900. The highest BCUT2D eigenvalue weighted by Gasteiger charge is 2.22. The summed E-state index contributed by atoms with van der Waals surface area (Å²) >= 11 is 0.683. The Hall–Kier alpha value is -2.27. The van der Waals surface area contributed by atoms with E-state index in [0.717, 1.165) is 0 Å². The molecule has 0 aliphatic heterocycles. The zero-order valence-electron chi connectivity index (χ0n) is 11.0. The summed E-state index contributed by atoms with van der Waals surface area (Å²) in [5, 5.41) is 19.0. The van der Waals surface area contributed by atoms with Gasteiger partial charge in [0.25, 0.3) is 14.4 Å². The molecule has 9 nitrogen and oxygen atoms in total. The van der Waals surface area contributed by atoms with Crippen LogP contribution in [0.15, 0.2) is 16.5 Å². The largest absolute Gasteiger partial charge is 0.504 e. The number of nitrogens with zero attached hydrogens (tertiary/aromatic N) is 3. The fraction of sp³-hybridized carbons (Fsp3) is 0.200. The lowest BCUT2D eigenvalue weighted by Gasteiger charge is -2.06. The number of aryl methyl sites for hydroxylation is 1. The molecule has 0 fully saturated rings. The molecule has 0 aromatic carbocycles. The number of carbonyl (C=O) groups excluding carboxylic acids is 1. The van der Waals surface area contributed by atoms with Crippen LogP contribution in [0.4, 0.5) is 10.9 Å². The fourth-order valence-electron chi connectivity index (χ4n) is 1.31. The molecule has 0 unspecified atom stereocenters. The molecule has 11 heteroatoms. The van der Waals surface area contributed by atoms with E-state index >= 15 is 0 Å². The van der Waals surface area contributed by atoms with E-state index in [9.17, 15) is 18.3 Å². The van der Waals surface area contributed by atoms with Gasteiger partial charge in [-0.3, -0.25) is 9.52 Å². The van der Waals surface area contributed by atoms with Crippen LogP contribution in [0.2, 0.25) is 0 Å². The van der Waals surface area contributed by atoms with Crippen molar-refractivity contribution in [3.05, 3.63) is 17.8 Å². The van der Waals surface area contributed by atoms with Crippen LogP contribution >= 0.6 is 11.3 Å². The molecule has 0 atom stereocenters. The van der Waals surface area contributed by atoms with Crippen LogP contribution in [0, 0.1) is 6.92 Å². The molecule has 21 heavy (non-hydrogen) atoms. The Balaban J connectivity index is 2.28. The van der Waals surface area contributed by atoms with E-state index < -0.39 is 10.0 Å². The summed E-state index contributed by atoms with van der Waals surface area (Å²) in [6.45, 7) is 2.92. The second-order valence-electron chi connectivity index (χ2n) is 3.98. The SMILES string of the molecule is CC(=O)Nc1nnc(S(=O)(=O)Nc2nc(C)ccc2O)s1. The summed E-state index contributed by atoms with van der Waals surface area (Å²) < 4.78 is 26.0. The number of pyridine rings is 1. The van der Waals surface area contributed by atoms with Crippen molar-refractivity contribution in [1.82, 2.24) is 15.2 Å². The van der Waals surface area contributed by atoms with Crippen molar-refractivity contribution < 1.29 is 18.3 Å². The van der Waals surface area contributed by atoms with Crippen molar-refractivity contribution >= 4 is 38.2 Å². The zero-order chi connectivity index (χ0) is 15.6. The highest BCUT2D eigenvalue weighted by molar-refractivity contribution is 7.94. The smallest absolute Gasteiger partial charge is 0.292 e. The van der Waals surface area contributed by atoms with Gasteiger partial charge in [-0.05, 0) is 19.1 Å². The summed E-state index contributed by atoms with van der Waals surface area (Å²) in [5.41, 5.74) is 0.529. The molecule has 0 aliphatic rings. The molecule has 2 rings (SSSR count). The van der Waals surface area contributed by atoms with E-state index in [1.54, 1.807) is 6.92 Å². The minimum Gasteiger partial charge on any atom is -0.504 e. The van der Waals surface area contributed by atoms with E-state index in [-0.39, 0.29) is 26.9 Å². The van der Waals surface area contributed by atoms with Crippen LogP contribution < -0.4 is 10.0 Å². The number of carbonyl (C=O) groups is 1. The molecule has 0 aliphatic carbocycles. The molecule has 0 saturated carbocycles. The van der Waals surface area contributed by atoms with E-state index in [1.165, 1.54) is 19.1 Å². The molecule has 0 bridgehead atoms. The lowest BCUT2D eigenvalue weighted by atomic mass is 10.3. The van der Waals surface area contributed by atoms with Gasteiger partial charge in [0.05, 0.1) is 0 Å². The number of nitrogens with one attached hydrogen (secondary N) is 2. The van der Waals surface area contributed by atoms with Crippen LogP contribution in [0.3, 0.4) is 0 Å². The predicted octanol–water partition coefficient (Wildman–Crippen LogP) is 0.706. The summed E-state index contributed by atoms with van der Waals surface area (Å²) in [6, 6.07) is 2.86. The summed E-state index contributed by atoms with van der Waals surface area (Å²) in [4.78, 5) is 14.7. The van der Waals surface area contributed by atoms with Gasteiger partial charge < -0.3 is 10.4 Å². The quantitative estimate of drug-likeness (QED) is 0.703. The Bertz CT molecular complexity index is 786. The topological polar surface area (TPSA) is 134 Å². The maximum atomic E-state index is 12.1. The summed E-state index contributed by atoms with van der Waals surface area (Å²) in [7, 11) is -4.05. The van der Waals surface area contributed by atoms with Crippen LogP contribution in [0.5, 0.6) is 5.75 Å². The van der Waals surface area contributed by atoms with Crippen molar-refractivity contribution in [3.63, 3.8) is 0 Å². The molecule has 3 N–H and O–H groups in total. The molecule has 1 amide bonds. The first-order valence-corrected chi connectivity index (χ1v) is 7.88. The molecule has 2 heterocycles. The minimum atomic E-state index is -4.05. The molecule has 0 radical (unpaired) electrons. The van der Waals surface area contributed by atoms with Crippen molar-refractivity contribution in [3.8, 4) is 5.75 Å². The van der Waals surface area contributed by atoms with E-state index in [4.69, 9.17) is 0 Å². The zero-order valence-corrected chi connectivity index (χ0v) is 12.6. The Morgan fingerprint density at radius 1 is 1.33 bits per heavy atom. The van der Waals surface area contributed by atoms with Gasteiger partial charge in [-0.1, -0.05) is 11.3 Å². The Labute approximate surface area is 124 Å². The van der Waals surface area contributed by atoms with E-state index in [2.05, 4.69) is 25.2 Å². The van der Waals surface area contributed by atoms with Gasteiger partial charge >= 0.3 is 0 Å². The fourth-order valence-corrected chi connectivity index (χ4v) is 3.28. The second kappa shape index (κ2) is 5.61. The number of aromatic nitrogens is 3. The number of hydrogen-bond acceptors (Lipinski definition) is 8. The average molecular weight is 329 g/mol. The van der Waals surface area contributed by atoms with Crippen LogP contribution in [-0.2, 0) is 14.8 Å². The molecule has 0 spiro atoms. The first kappa shape index (κ1) is 15.1. The van der Waals surface area contributed by atoms with Crippen molar-refractivity contribution in [2.75, 3.05) is 10.0 Å². The van der Waals surface area contributed by atoms with E-state index in [0.29, 0.717) is 17.0 Å². The minimum absolute atomic E-state index is 0.0595. The van der Waals surface area contributed by atoms with Crippen LogP contribution in [0.25, 0.3) is 0 Å². The molecule has 112 valence electrons. The van der Waals surface area contributed by atoms with Gasteiger partial charge in [-0.2, -0.15) is 8.42 Å². The number of rotatable bonds is 4. The molecule has 0 saturated heterocycles. The maximum Gasteiger partial charge on any atom is 0.292 e. The third-order valence-electron chi connectivity index (χ3n) is 2.16. The highest BCUT2D eigenvalue weighted by atomic mass is 32.2. The van der Waals surface area contributed by atoms with Crippen LogP contribution in [0.1, 0.15) is 12.6 Å². The highest BCUT2D eigenvalue weighted by Crippen LogP contribution is 2.26. The van der Waals surface area contributed by atoms with Gasteiger partial charge in [0.15, 0.2) is 11.6 Å². The Kier molecular flexibility index (Phi) is 4.04.